The van der Waals surface area contributed by atoms with Crippen LogP contribution in [0.5, 0.6) is 11.5 Å². The van der Waals surface area contributed by atoms with E-state index in [1.54, 1.807) is 24.3 Å². The van der Waals surface area contributed by atoms with Crippen LogP contribution in [0.25, 0.3) is 0 Å². The van der Waals surface area contributed by atoms with Gasteiger partial charge in [0.15, 0.2) is 0 Å². The van der Waals surface area contributed by atoms with Gasteiger partial charge in [-0.1, -0.05) is 15.9 Å². The normalized spacial score (nSPS) is 16.6. The predicted molar refractivity (Wildman–Crippen MR) is 106 cm³/mol. The van der Waals surface area contributed by atoms with E-state index in [1.807, 2.05) is 25.1 Å². The Labute approximate surface area is 174 Å². The second-order valence-corrected chi connectivity index (χ2v) is 7.45. The molecule has 3 rings (SSSR count). The van der Waals surface area contributed by atoms with Crippen molar-refractivity contribution in [3.63, 3.8) is 0 Å². The maximum absolute atomic E-state index is 13.1. The number of aryl methyl sites for hydroxylation is 1. The molecule has 1 unspecified atom stereocenters. The molecule has 2 aromatic carbocycles. The van der Waals surface area contributed by atoms with E-state index in [9.17, 15) is 18.0 Å². The van der Waals surface area contributed by atoms with Crippen LogP contribution >= 0.6 is 15.9 Å². The van der Waals surface area contributed by atoms with Crippen LogP contribution in [-0.4, -0.2) is 31.0 Å². The average molecular weight is 471 g/mol. The van der Waals surface area contributed by atoms with Gasteiger partial charge in [-0.15, -0.1) is 0 Å². The molecule has 1 heterocycles. The Morgan fingerprint density at radius 2 is 1.93 bits per heavy atom. The molecule has 0 saturated heterocycles. The van der Waals surface area contributed by atoms with Crippen LogP contribution in [0.4, 0.5) is 18.9 Å². The maximum Gasteiger partial charge on any atom is 0.431 e. The van der Waals surface area contributed by atoms with Crippen LogP contribution < -0.4 is 9.75 Å². The second-order valence-electron chi connectivity index (χ2n) is 6.53. The van der Waals surface area contributed by atoms with Crippen LogP contribution in [0.15, 0.2) is 52.0 Å². The predicted octanol–water partition coefficient (Wildman–Crippen LogP) is 5.61. The van der Waals surface area contributed by atoms with Gasteiger partial charge in [-0.25, -0.2) is 0 Å². The fraction of sp³-hybridized carbons (Fsp3) is 0.300. The van der Waals surface area contributed by atoms with Crippen molar-refractivity contribution in [1.29, 1.82) is 0 Å². The van der Waals surface area contributed by atoms with E-state index in [-0.39, 0.29) is 12.8 Å². The van der Waals surface area contributed by atoms with Crippen molar-refractivity contribution in [2.45, 2.75) is 32.0 Å². The Morgan fingerprint density at radius 3 is 2.52 bits per heavy atom. The summed E-state index contributed by atoms with van der Waals surface area (Å²) < 4.78 is 50.7. The number of esters is 1. The van der Waals surface area contributed by atoms with E-state index in [2.05, 4.69) is 25.8 Å². The third kappa shape index (κ3) is 5.09. The van der Waals surface area contributed by atoms with Crippen LogP contribution in [0, 0.1) is 6.92 Å². The Kier molecular flexibility index (Phi) is 6.16. The summed E-state index contributed by atoms with van der Waals surface area (Å²) in [4.78, 5) is 11.6. The highest BCUT2D eigenvalue weighted by atomic mass is 79.9. The Hall–Kier alpha value is -2.55. The van der Waals surface area contributed by atoms with Crippen LogP contribution in [0.1, 0.15) is 18.4 Å². The molecule has 1 aliphatic rings. The highest BCUT2D eigenvalue weighted by molar-refractivity contribution is 9.10. The Bertz CT molecular complexity index is 930. The zero-order valence-electron chi connectivity index (χ0n) is 15.7. The summed E-state index contributed by atoms with van der Waals surface area (Å²) in [6, 6.07) is 11.3. The number of halogens is 4. The summed E-state index contributed by atoms with van der Waals surface area (Å²) in [5, 5.41) is 4.92. The van der Waals surface area contributed by atoms with Crippen molar-refractivity contribution in [3.05, 3.63) is 52.5 Å². The van der Waals surface area contributed by atoms with E-state index in [4.69, 9.17) is 4.74 Å². The molecule has 0 spiro atoms. The summed E-state index contributed by atoms with van der Waals surface area (Å²) in [7, 11) is 1.20. The van der Waals surface area contributed by atoms with Gasteiger partial charge in [0.1, 0.15) is 17.2 Å². The summed E-state index contributed by atoms with van der Waals surface area (Å²) in [5.74, 6) is 0.607. The van der Waals surface area contributed by atoms with Crippen molar-refractivity contribution >= 4 is 33.3 Å². The van der Waals surface area contributed by atoms with Crippen molar-refractivity contribution in [1.82, 2.24) is 0 Å². The first kappa shape index (κ1) is 21.2. The zero-order chi connectivity index (χ0) is 21.2. The third-order valence-electron chi connectivity index (χ3n) is 4.43. The minimum absolute atomic E-state index is 0.198. The molecule has 0 aliphatic carbocycles. The summed E-state index contributed by atoms with van der Waals surface area (Å²) in [6.45, 7) is 1.91. The van der Waals surface area contributed by atoms with Gasteiger partial charge < -0.3 is 9.47 Å². The lowest BCUT2D eigenvalue weighted by molar-refractivity contribution is -0.141. The van der Waals surface area contributed by atoms with Crippen LogP contribution in [0.3, 0.4) is 0 Å². The molecule has 0 fully saturated rings. The monoisotopic (exact) mass is 470 g/mol. The van der Waals surface area contributed by atoms with Gasteiger partial charge in [0.05, 0.1) is 25.3 Å². The number of hydrazone groups is 1. The number of alkyl halides is 3. The van der Waals surface area contributed by atoms with Gasteiger partial charge in [-0.2, -0.15) is 18.3 Å². The molecule has 0 aromatic heterocycles. The fourth-order valence-electron chi connectivity index (χ4n) is 2.96. The molecule has 0 amide bonds. The lowest BCUT2D eigenvalue weighted by Gasteiger charge is -2.23. The SMILES string of the molecule is COC(=O)CC1CC(C(F)(F)F)=NN1c1ccc(Oc2ccc(Br)cc2C)cc1. The summed E-state index contributed by atoms with van der Waals surface area (Å²) in [6.07, 6.45) is -5.13. The smallest absolute Gasteiger partial charge is 0.431 e. The highest BCUT2D eigenvalue weighted by Crippen LogP contribution is 2.34. The van der Waals surface area contributed by atoms with E-state index < -0.39 is 23.9 Å². The number of carbonyl (C=O) groups excluding carboxylic acids is 1. The second kappa shape index (κ2) is 8.44. The molecule has 1 atom stereocenters. The number of hydrogen-bond donors (Lipinski definition) is 0. The van der Waals surface area contributed by atoms with Gasteiger partial charge in [0.2, 0.25) is 0 Å². The molecular weight excluding hydrogens is 453 g/mol. The van der Waals surface area contributed by atoms with Gasteiger partial charge in [0.25, 0.3) is 0 Å². The van der Waals surface area contributed by atoms with Crippen LogP contribution in [0.2, 0.25) is 0 Å². The van der Waals surface area contributed by atoms with Crippen molar-refractivity contribution in [3.8, 4) is 11.5 Å². The summed E-state index contributed by atoms with van der Waals surface area (Å²) >= 11 is 3.39. The number of benzene rings is 2. The fourth-order valence-corrected chi connectivity index (χ4v) is 3.43. The molecule has 5 nitrogen and oxygen atoms in total. The van der Waals surface area contributed by atoms with E-state index in [0.29, 0.717) is 17.2 Å². The number of ether oxygens (including phenoxy) is 2. The first-order chi connectivity index (χ1) is 13.7. The number of methoxy groups -OCH3 is 1. The zero-order valence-corrected chi connectivity index (χ0v) is 17.3. The lowest BCUT2D eigenvalue weighted by Crippen LogP contribution is -2.30. The van der Waals surface area contributed by atoms with E-state index in [0.717, 1.165) is 10.0 Å². The number of hydrogen-bond acceptors (Lipinski definition) is 5. The minimum atomic E-state index is -4.55. The average Bonchev–Trinajstić information content (AvgIpc) is 3.08. The van der Waals surface area contributed by atoms with Crippen molar-refractivity contribution < 1.29 is 27.4 Å². The molecule has 1 aliphatic heterocycles. The van der Waals surface area contributed by atoms with E-state index in [1.165, 1.54) is 12.1 Å². The molecule has 0 radical (unpaired) electrons. The molecule has 154 valence electrons. The molecule has 0 N–H and O–H groups in total. The van der Waals surface area contributed by atoms with Gasteiger partial charge in [-0.3, -0.25) is 9.80 Å². The first-order valence-electron chi connectivity index (χ1n) is 8.72. The molecular formula is C20H18BrF3N2O3. The maximum atomic E-state index is 13.1. The number of anilines is 1. The Balaban J connectivity index is 1.81. The number of rotatable bonds is 5. The number of nitrogens with zero attached hydrogens (tertiary/aromatic N) is 2. The third-order valence-corrected chi connectivity index (χ3v) is 4.92. The molecule has 0 saturated carbocycles. The van der Waals surface area contributed by atoms with Crippen LogP contribution in [-0.2, 0) is 9.53 Å². The lowest BCUT2D eigenvalue weighted by atomic mass is 10.1. The van der Waals surface area contributed by atoms with Gasteiger partial charge >= 0.3 is 12.1 Å². The molecule has 29 heavy (non-hydrogen) atoms. The molecule has 2 aromatic rings. The minimum Gasteiger partial charge on any atom is -0.469 e. The quantitative estimate of drug-likeness (QED) is 0.532. The highest BCUT2D eigenvalue weighted by Gasteiger charge is 2.43. The Morgan fingerprint density at radius 1 is 1.24 bits per heavy atom. The summed E-state index contributed by atoms with van der Waals surface area (Å²) in [5.41, 5.74) is 0.441. The largest absolute Gasteiger partial charge is 0.469 e. The molecule has 0 bridgehead atoms. The van der Waals surface area contributed by atoms with E-state index >= 15 is 0 Å². The van der Waals surface area contributed by atoms with Gasteiger partial charge in [-0.05, 0) is 55.0 Å². The standard InChI is InChI=1S/C20H18BrF3N2O3/c1-12-9-13(21)3-8-17(12)29-16-6-4-14(5-7-16)26-15(11-19(27)28-2)10-18(25-26)20(22,23)24/h3-9,15H,10-11H2,1-2H3. The van der Waals surface area contributed by atoms with Gasteiger partial charge in [0, 0.05) is 10.9 Å². The first-order valence-corrected chi connectivity index (χ1v) is 9.51. The number of carbonyl (C=O) groups is 1. The van der Waals surface area contributed by atoms with Crippen molar-refractivity contribution in [2.24, 2.45) is 5.10 Å². The molecule has 9 heteroatoms. The van der Waals surface area contributed by atoms with Crippen molar-refractivity contribution in [2.75, 3.05) is 12.1 Å². The topological polar surface area (TPSA) is 51.1 Å².